The molecule has 0 saturated carbocycles. The van der Waals surface area contributed by atoms with E-state index in [0.29, 0.717) is 5.69 Å². The first-order valence-electron chi connectivity index (χ1n) is 5.58. The molecule has 0 saturated heterocycles. The van der Waals surface area contributed by atoms with Gasteiger partial charge in [-0.3, -0.25) is 0 Å². The lowest BCUT2D eigenvalue weighted by atomic mass is 10.0. The van der Waals surface area contributed by atoms with Crippen LogP contribution in [-0.4, -0.2) is 16.6 Å². The summed E-state index contributed by atoms with van der Waals surface area (Å²) in [6, 6.07) is 8.07. The molecule has 1 aliphatic heterocycles. The number of fused-ring (bicyclic) bond motifs is 1. The summed E-state index contributed by atoms with van der Waals surface area (Å²) < 4.78 is 5.56. The lowest BCUT2D eigenvalue weighted by Gasteiger charge is -2.17. The summed E-state index contributed by atoms with van der Waals surface area (Å²) in [7, 11) is 0. The second-order valence-corrected chi connectivity index (χ2v) is 4.01. The first-order chi connectivity index (χ1) is 8.38. The van der Waals surface area contributed by atoms with Gasteiger partial charge in [0, 0.05) is 5.56 Å². The number of benzene rings is 1. The topological polar surface area (TPSA) is 61.7 Å². The molecule has 2 heterocycles. The van der Waals surface area contributed by atoms with Crippen molar-refractivity contribution in [2.24, 2.45) is 0 Å². The predicted octanol–water partition coefficient (Wildman–Crippen LogP) is 2.27. The molecule has 0 radical (unpaired) electrons. The molecule has 0 aliphatic carbocycles. The lowest BCUT2D eigenvalue weighted by Crippen LogP contribution is -2.08. The highest BCUT2D eigenvalue weighted by Gasteiger charge is 2.13. The molecule has 84 valence electrons. The maximum atomic E-state index is 8.95. The number of hydrogen-bond acceptors (Lipinski definition) is 3. The number of nitriles is 1. The number of aromatic amines is 1. The van der Waals surface area contributed by atoms with Gasteiger partial charge in [-0.1, -0.05) is 0 Å². The number of rotatable bonds is 1. The quantitative estimate of drug-likeness (QED) is 0.809. The van der Waals surface area contributed by atoms with E-state index in [1.807, 2.05) is 12.1 Å². The average Bonchev–Trinajstić information content (AvgIpc) is 2.86. The molecule has 4 nitrogen and oxygen atoms in total. The van der Waals surface area contributed by atoms with Crippen LogP contribution >= 0.6 is 0 Å². The number of aryl methyl sites for hydroxylation is 1. The smallest absolute Gasteiger partial charge is 0.166 e. The first kappa shape index (κ1) is 9.91. The fourth-order valence-corrected chi connectivity index (χ4v) is 2.11. The number of H-pyrrole nitrogens is 1. The zero-order valence-electron chi connectivity index (χ0n) is 9.23. The third-order valence-corrected chi connectivity index (χ3v) is 2.94. The van der Waals surface area contributed by atoms with Gasteiger partial charge in [0.05, 0.1) is 18.6 Å². The maximum Gasteiger partial charge on any atom is 0.166 e. The Kier molecular flexibility index (Phi) is 2.30. The summed E-state index contributed by atoms with van der Waals surface area (Å²) in [4.78, 5) is 6.98. The zero-order valence-corrected chi connectivity index (χ0v) is 9.23. The van der Waals surface area contributed by atoms with Crippen LogP contribution in [0.3, 0.4) is 0 Å². The molecule has 0 atom stereocenters. The number of aromatic nitrogens is 2. The van der Waals surface area contributed by atoms with Crippen molar-refractivity contribution in [2.45, 2.75) is 12.8 Å². The van der Waals surface area contributed by atoms with Gasteiger partial charge in [-0.15, -0.1) is 0 Å². The van der Waals surface area contributed by atoms with Crippen molar-refractivity contribution in [1.29, 1.82) is 5.26 Å². The van der Waals surface area contributed by atoms with E-state index >= 15 is 0 Å². The van der Waals surface area contributed by atoms with Crippen molar-refractivity contribution in [2.75, 3.05) is 6.61 Å². The fourth-order valence-electron chi connectivity index (χ4n) is 2.11. The third kappa shape index (κ3) is 1.66. The van der Waals surface area contributed by atoms with Gasteiger partial charge in [-0.05, 0) is 36.6 Å². The minimum atomic E-state index is 0.432. The molecule has 17 heavy (non-hydrogen) atoms. The number of hydrogen-bond donors (Lipinski definition) is 1. The Morgan fingerprint density at radius 1 is 1.41 bits per heavy atom. The van der Waals surface area contributed by atoms with Gasteiger partial charge >= 0.3 is 0 Å². The SMILES string of the molecule is N#Cc1nc[nH]c1-c1ccc2c(c1)CCCO2. The summed E-state index contributed by atoms with van der Waals surface area (Å²) >= 11 is 0. The molecular weight excluding hydrogens is 214 g/mol. The lowest BCUT2D eigenvalue weighted by molar-refractivity contribution is 0.288. The van der Waals surface area contributed by atoms with Crippen molar-refractivity contribution >= 4 is 0 Å². The molecule has 0 bridgehead atoms. The number of nitrogens with one attached hydrogen (secondary N) is 1. The van der Waals surface area contributed by atoms with Gasteiger partial charge in [0.2, 0.25) is 0 Å². The highest BCUT2D eigenvalue weighted by atomic mass is 16.5. The predicted molar refractivity (Wildman–Crippen MR) is 62.6 cm³/mol. The van der Waals surface area contributed by atoms with E-state index in [4.69, 9.17) is 10.00 Å². The summed E-state index contributed by atoms with van der Waals surface area (Å²) in [5.74, 6) is 0.957. The van der Waals surface area contributed by atoms with Crippen LogP contribution in [0.5, 0.6) is 5.75 Å². The van der Waals surface area contributed by atoms with Gasteiger partial charge in [-0.25, -0.2) is 4.98 Å². The molecule has 0 fully saturated rings. The Hall–Kier alpha value is -2.28. The molecule has 0 spiro atoms. The highest BCUT2D eigenvalue weighted by Crippen LogP contribution is 2.30. The van der Waals surface area contributed by atoms with E-state index in [2.05, 4.69) is 22.1 Å². The minimum absolute atomic E-state index is 0.432. The molecule has 0 amide bonds. The summed E-state index contributed by atoms with van der Waals surface area (Å²) in [6.45, 7) is 0.792. The van der Waals surface area contributed by atoms with Crippen LogP contribution < -0.4 is 4.74 Å². The largest absolute Gasteiger partial charge is 0.493 e. The van der Waals surface area contributed by atoms with Crippen LogP contribution in [0, 0.1) is 11.3 Å². The van der Waals surface area contributed by atoms with Crippen molar-refractivity contribution in [1.82, 2.24) is 9.97 Å². The second-order valence-electron chi connectivity index (χ2n) is 4.01. The summed E-state index contributed by atoms with van der Waals surface area (Å²) in [5.41, 5.74) is 3.40. The molecule has 3 rings (SSSR count). The van der Waals surface area contributed by atoms with Gasteiger partial charge in [0.1, 0.15) is 11.8 Å². The molecule has 1 aromatic carbocycles. The highest BCUT2D eigenvalue weighted by molar-refractivity contribution is 5.66. The number of imidazole rings is 1. The Morgan fingerprint density at radius 2 is 2.35 bits per heavy atom. The Bertz CT molecular complexity index is 595. The van der Waals surface area contributed by atoms with Crippen molar-refractivity contribution in [3.63, 3.8) is 0 Å². The maximum absolute atomic E-state index is 8.95. The van der Waals surface area contributed by atoms with Gasteiger partial charge in [0.25, 0.3) is 0 Å². The van der Waals surface area contributed by atoms with Gasteiger partial charge in [-0.2, -0.15) is 5.26 Å². The van der Waals surface area contributed by atoms with E-state index in [1.165, 1.54) is 5.56 Å². The second kappa shape index (κ2) is 3.95. The Labute approximate surface area is 98.9 Å². The van der Waals surface area contributed by atoms with Crippen LogP contribution in [0.25, 0.3) is 11.3 Å². The van der Waals surface area contributed by atoms with Gasteiger partial charge < -0.3 is 9.72 Å². The molecular formula is C13H11N3O. The molecule has 4 heteroatoms. The molecule has 1 N–H and O–H groups in total. The van der Waals surface area contributed by atoms with E-state index in [0.717, 1.165) is 36.5 Å². The van der Waals surface area contributed by atoms with E-state index < -0.39 is 0 Å². The third-order valence-electron chi connectivity index (χ3n) is 2.94. The summed E-state index contributed by atoms with van der Waals surface area (Å²) in [6.07, 6.45) is 3.62. The number of ether oxygens (including phenoxy) is 1. The molecule has 1 aromatic heterocycles. The zero-order chi connectivity index (χ0) is 11.7. The van der Waals surface area contributed by atoms with E-state index in [1.54, 1.807) is 6.33 Å². The van der Waals surface area contributed by atoms with Crippen molar-refractivity contribution in [3.05, 3.63) is 35.8 Å². The van der Waals surface area contributed by atoms with Crippen LogP contribution in [0.2, 0.25) is 0 Å². The first-order valence-corrected chi connectivity index (χ1v) is 5.58. The van der Waals surface area contributed by atoms with Crippen LogP contribution in [-0.2, 0) is 6.42 Å². The average molecular weight is 225 g/mol. The molecule has 2 aromatic rings. The Morgan fingerprint density at radius 3 is 3.24 bits per heavy atom. The minimum Gasteiger partial charge on any atom is -0.493 e. The summed E-state index contributed by atoms with van der Waals surface area (Å²) in [5, 5.41) is 8.95. The Balaban J connectivity index is 2.08. The molecule has 1 aliphatic rings. The van der Waals surface area contributed by atoms with Crippen molar-refractivity contribution < 1.29 is 4.74 Å². The monoisotopic (exact) mass is 225 g/mol. The standard InChI is InChI=1S/C13H11N3O/c14-7-11-13(16-8-15-11)10-3-4-12-9(6-10)2-1-5-17-12/h3-4,6,8H,1-2,5H2,(H,15,16). The van der Waals surface area contributed by atoms with Crippen LogP contribution in [0.15, 0.2) is 24.5 Å². The van der Waals surface area contributed by atoms with Gasteiger partial charge in [0.15, 0.2) is 5.69 Å². The van der Waals surface area contributed by atoms with Crippen LogP contribution in [0.4, 0.5) is 0 Å². The van der Waals surface area contributed by atoms with E-state index in [-0.39, 0.29) is 0 Å². The fraction of sp³-hybridized carbons (Fsp3) is 0.231. The van der Waals surface area contributed by atoms with Crippen molar-refractivity contribution in [3.8, 4) is 23.1 Å². The van der Waals surface area contributed by atoms with Crippen LogP contribution in [0.1, 0.15) is 17.7 Å². The molecule has 0 unspecified atom stereocenters. The van der Waals surface area contributed by atoms with E-state index in [9.17, 15) is 0 Å². The number of nitrogens with zero attached hydrogens (tertiary/aromatic N) is 2. The normalized spacial score (nSPS) is 13.6.